The van der Waals surface area contributed by atoms with Crippen LogP contribution in [0, 0.1) is 5.92 Å². The molecule has 25 heavy (non-hydrogen) atoms. The van der Waals surface area contributed by atoms with E-state index >= 15 is 0 Å². The zero-order valence-electron chi connectivity index (χ0n) is 15.5. The van der Waals surface area contributed by atoms with E-state index in [-0.39, 0.29) is 33.9 Å². The summed E-state index contributed by atoms with van der Waals surface area (Å²) in [5.41, 5.74) is 0. The van der Waals surface area contributed by atoms with Crippen molar-refractivity contribution < 1.29 is 23.3 Å². The lowest BCUT2D eigenvalue weighted by molar-refractivity contribution is -0.151. The van der Waals surface area contributed by atoms with Gasteiger partial charge in [-0.25, -0.2) is 4.79 Å². The van der Waals surface area contributed by atoms with E-state index in [4.69, 9.17) is 4.43 Å². The average molecular weight is 426 g/mol. The SMILES string of the molecule is CS(=O)CSC1(C(=O)O)CN2C(=O)[C@H](CO[Si](C)(C)C(C)(C)C)[C@H]2S1. The van der Waals surface area contributed by atoms with Crippen molar-refractivity contribution in [3.8, 4) is 0 Å². The maximum atomic E-state index is 12.4. The van der Waals surface area contributed by atoms with E-state index < -0.39 is 29.2 Å². The highest BCUT2D eigenvalue weighted by Crippen LogP contribution is 2.55. The van der Waals surface area contributed by atoms with Gasteiger partial charge in [0.2, 0.25) is 5.91 Å². The normalized spacial score (nSPS) is 30.8. The third-order valence-corrected chi connectivity index (χ3v) is 14.4. The number of rotatable bonds is 7. The summed E-state index contributed by atoms with van der Waals surface area (Å²) in [6.07, 6.45) is 1.55. The third kappa shape index (κ3) is 4.12. The van der Waals surface area contributed by atoms with Crippen LogP contribution in [0.25, 0.3) is 0 Å². The van der Waals surface area contributed by atoms with Crippen molar-refractivity contribution >= 4 is 54.5 Å². The fourth-order valence-electron chi connectivity index (χ4n) is 2.47. The van der Waals surface area contributed by atoms with Crippen molar-refractivity contribution in [3.63, 3.8) is 0 Å². The van der Waals surface area contributed by atoms with Crippen LogP contribution in [0.1, 0.15) is 20.8 Å². The first-order valence-electron chi connectivity index (χ1n) is 8.10. The van der Waals surface area contributed by atoms with E-state index in [0.717, 1.165) is 11.8 Å². The molecule has 10 heteroatoms. The van der Waals surface area contributed by atoms with E-state index in [1.807, 2.05) is 0 Å². The number of carbonyl (C=O) groups is 2. The predicted molar refractivity (Wildman–Crippen MR) is 107 cm³/mol. The number of hydrogen-bond acceptors (Lipinski definition) is 6. The Morgan fingerprint density at radius 1 is 1.52 bits per heavy atom. The number of aliphatic carboxylic acids is 1. The summed E-state index contributed by atoms with van der Waals surface area (Å²) in [5.74, 6) is -1.27. The molecule has 2 aliphatic rings. The van der Waals surface area contributed by atoms with Gasteiger partial charge < -0.3 is 14.4 Å². The van der Waals surface area contributed by atoms with Gasteiger partial charge in [-0.15, -0.1) is 23.5 Å². The van der Waals surface area contributed by atoms with E-state index in [9.17, 15) is 18.9 Å². The van der Waals surface area contributed by atoms with Crippen LogP contribution in [-0.2, 0) is 24.8 Å². The van der Waals surface area contributed by atoms with Crippen molar-refractivity contribution in [1.82, 2.24) is 4.90 Å². The van der Waals surface area contributed by atoms with Crippen LogP contribution >= 0.6 is 23.5 Å². The molecule has 0 radical (unpaired) electrons. The molecule has 144 valence electrons. The minimum atomic E-state index is -1.95. The van der Waals surface area contributed by atoms with Gasteiger partial charge in [-0.05, 0) is 18.1 Å². The second-order valence-electron chi connectivity index (χ2n) is 8.05. The smallest absolute Gasteiger partial charge is 0.332 e. The summed E-state index contributed by atoms with van der Waals surface area (Å²) in [4.78, 5) is 25.9. The van der Waals surface area contributed by atoms with E-state index in [2.05, 4.69) is 33.9 Å². The van der Waals surface area contributed by atoms with Crippen LogP contribution in [0.4, 0.5) is 0 Å². The number of carboxylic acid groups (broad SMARTS) is 1. The molecule has 2 saturated heterocycles. The summed E-state index contributed by atoms with van der Waals surface area (Å²) in [5, 5.41) is 9.83. The molecule has 1 amide bonds. The first-order chi connectivity index (χ1) is 11.3. The highest BCUT2D eigenvalue weighted by Gasteiger charge is 2.62. The Balaban J connectivity index is 2.05. The number of fused-ring (bicyclic) bond motifs is 1. The monoisotopic (exact) mass is 425 g/mol. The highest BCUT2D eigenvalue weighted by molar-refractivity contribution is 8.23. The van der Waals surface area contributed by atoms with Crippen molar-refractivity contribution in [2.24, 2.45) is 5.92 Å². The van der Waals surface area contributed by atoms with Crippen molar-refractivity contribution in [2.75, 3.05) is 24.5 Å². The number of β-lactam (4-membered cyclic amide) rings is 1. The molecule has 2 unspecified atom stereocenters. The fourth-order valence-corrected chi connectivity index (χ4v) is 7.65. The van der Waals surface area contributed by atoms with Gasteiger partial charge in [-0.1, -0.05) is 20.8 Å². The van der Waals surface area contributed by atoms with Gasteiger partial charge >= 0.3 is 5.97 Å². The van der Waals surface area contributed by atoms with Gasteiger partial charge in [0.15, 0.2) is 12.4 Å². The zero-order chi connectivity index (χ0) is 19.2. The molecule has 0 aromatic rings. The molecule has 2 heterocycles. The van der Waals surface area contributed by atoms with Gasteiger partial charge in [-0.2, -0.15) is 0 Å². The average Bonchev–Trinajstić information content (AvgIpc) is 2.81. The number of thioether (sulfide) groups is 2. The fraction of sp³-hybridized carbons (Fsp3) is 0.867. The first-order valence-corrected chi connectivity index (χ1v) is 14.6. The van der Waals surface area contributed by atoms with E-state index in [0.29, 0.717) is 6.61 Å². The largest absolute Gasteiger partial charge is 0.480 e. The van der Waals surface area contributed by atoms with Gasteiger partial charge in [0.25, 0.3) is 0 Å². The number of amides is 1. The highest BCUT2D eigenvalue weighted by atomic mass is 32.2. The molecule has 0 saturated carbocycles. The molecule has 2 rings (SSSR count). The van der Waals surface area contributed by atoms with Crippen molar-refractivity contribution in [2.45, 2.75) is 48.4 Å². The Bertz CT molecular complexity index is 594. The Kier molecular flexibility index (Phi) is 6.11. The number of carbonyl (C=O) groups excluding carboxylic acids is 1. The Morgan fingerprint density at radius 3 is 2.60 bits per heavy atom. The number of nitrogens with zero attached hydrogens (tertiary/aromatic N) is 1. The summed E-state index contributed by atoms with van der Waals surface area (Å²) < 4.78 is 16.4. The molecule has 0 bridgehead atoms. The van der Waals surface area contributed by atoms with Gasteiger partial charge in [0.1, 0.15) is 0 Å². The third-order valence-electron chi connectivity index (χ3n) is 5.16. The number of carboxylic acids is 1. The molecule has 1 N–H and O–H groups in total. The van der Waals surface area contributed by atoms with Crippen LogP contribution in [0.15, 0.2) is 0 Å². The van der Waals surface area contributed by atoms with E-state index in [1.165, 1.54) is 11.8 Å². The molecular formula is C15H27NO5S3Si. The van der Waals surface area contributed by atoms with Gasteiger partial charge in [0.05, 0.1) is 22.9 Å². The second kappa shape index (κ2) is 7.18. The molecule has 0 aromatic carbocycles. The van der Waals surface area contributed by atoms with Crippen molar-refractivity contribution in [3.05, 3.63) is 0 Å². The maximum Gasteiger partial charge on any atom is 0.332 e. The van der Waals surface area contributed by atoms with Gasteiger partial charge in [0, 0.05) is 23.7 Å². The van der Waals surface area contributed by atoms with E-state index in [1.54, 1.807) is 11.2 Å². The summed E-state index contributed by atoms with van der Waals surface area (Å²) in [7, 11) is -3.04. The predicted octanol–water partition coefficient (Wildman–Crippen LogP) is 2.39. The molecular weight excluding hydrogens is 398 g/mol. The topological polar surface area (TPSA) is 83.9 Å². The van der Waals surface area contributed by atoms with Crippen LogP contribution in [0.2, 0.25) is 18.1 Å². The lowest BCUT2D eigenvalue weighted by Crippen LogP contribution is -2.59. The molecule has 0 spiro atoms. The van der Waals surface area contributed by atoms with Crippen molar-refractivity contribution in [1.29, 1.82) is 0 Å². The Morgan fingerprint density at radius 2 is 2.12 bits per heavy atom. The standard InChI is InChI=1S/C15H27NO5S3Si/c1-14(2,3)25(5,6)21-7-10-11(17)16-8-15(13(18)19,23-12(10)16)22-9-24(4)20/h10,12H,7-9H2,1-6H3,(H,18,19)/t10-,12+,15?,24?/m0/s1. The van der Waals surface area contributed by atoms with Gasteiger partial charge in [-0.3, -0.25) is 9.00 Å². The maximum absolute atomic E-state index is 12.4. The summed E-state index contributed by atoms with van der Waals surface area (Å²) in [6.45, 7) is 11.2. The van der Waals surface area contributed by atoms with Crippen LogP contribution in [0.5, 0.6) is 0 Å². The molecule has 2 fully saturated rings. The van der Waals surface area contributed by atoms with Crippen LogP contribution in [-0.4, -0.2) is 68.4 Å². The summed E-state index contributed by atoms with van der Waals surface area (Å²) in [6, 6.07) is 0. The molecule has 0 aromatic heterocycles. The Labute approximate surface area is 161 Å². The lowest BCUT2D eigenvalue weighted by atomic mass is 9.99. The molecule has 4 atom stereocenters. The van der Waals surface area contributed by atoms with Crippen LogP contribution in [0.3, 0.4) is 0 Å². The second-order valence-corrected chi connectivity index (χ2v) is 17.6. The molecule has 6 nitrogen and oxygen atoms in total. The molecule has 2 aliphatic heterocycles. The summed E-state index contributed by atoms with van der Waals surface area (Å²) >= 11 is 2.46. The quantitative estimate of drug-likeness (QED) is 0.495. The zero-order valence-corrected chi connectivity index (χ0v) is 19.0. The molecule has 0 aliphatic carbocycles. The Hall–Kier alpha value is -0.0331. The lowest BCUT2D eigenvalue weighted by Gasteiger charge is -2.44. The minimum Gasteiger partial charge on any atom is -0.480 e. The minimum absolute atomic E-state index is 0.0300. The van der Waals surface area contributed by atoms with Crippen LogP contribution < -0.4 is 0 Å². The first kappa shape index (κ1) is 21.3. The number of hydrogen-bond donors (Lipinski definition) is 1.